The summed E-state index contributed by atoms with van der Waals surface area (Å²) in [4.78, 5) is 4.53. The molecule has 0 amide bonds. The number of hydrogen-bond donors (Lipinski definition) is 1. The van der Waals surface area contributed by atoms with Crippen LogP contribution in [0.4, 0.5) is 5.13 Å². The van der Waals surface area contributed by atoms with E-state index in [1.165, 1.54) is 16.9 Å². The van der Waals surface area contributed by atoms with Gasteiger partial charge in [-0.1, -0.05) is 29.8 Å². The van der Waals surface area contributed by atoms with Crippen molar-refractivity contribution >= 4 is 22.7 Å². The number of methoxy groups -OCH3 is 1. The maximum Gasteiger partial charge on any atom is 0.203 e. The first-order valence-electron chi connectivity index (χ1n) is 7.20. The molecule has 1 N–H and O–H groups in total. The summed E-state index contributed by atoms with van der Waals surface area (Å²) < 4.78 is 5.16. The smallest absolute Gasteiger partial charge is 0.203 e. The highest BCUT2D eigenvalue weighted by molar-refractivity contribution is 7.14. The van der Waals surface area contributed by atoms with E-state index in [0.717, 1.165) is 27.7 Å². The second kappa shape index (κ2) is 7.07. The molecule has 3 rings (SSSR count). The number of ether oxygens (including phenoxy) is 1. The zero-order valence-electron chi connectivity index (χ0n) is 13.0. The normalized spacial score (nSPS) is 10.9. The summed E-state index contributed by atoms with van der Waals surface area (Å²) in [5.74, 6) is 0.838. The average molecular weight is 323 g/mol. The molecule has 0 unspecified atom stereocenters. The van der Waals surface area contributed by atoms with Crippen molar-refractivity contribution in [2.75, 3.05) is 12.5 Å². The quantitative estimate of drug-likeness (QED) is 0.552. The number of hydrogen-bond acceptors (Lipinski definition) is 5. The molecule has 2 aromatic carbocycles. The van der Waals surface area contributed by atoms with Crippen LogP contribution in [0.2, 0.25) is 0 Å². The summed E-state index contributed by atoms with van der Waals surface area (Å²) in [6, 6.07) is 16.0. The Hall–Kier alpha value is -2.66. The third-order valence-corrected chi connectivity index (χ3v) is 4.09. The van der Waals surface area contributed by atoms with Crippen LogP contribution < -0.4 is 10.2 Å². The number of thiazole rings is 1. The molecule has 0 saturated heterocycles. The van der Waals surface area contributed by atoms with Crippen molar-refractivity contribution in [3.05, 3.63) is 65.0 Å². The number of aryl methyl sites for hydroxylation is 1. The van der Waals surface area contributed by atoms with E-state index in [-0.39, 0.29) is 0 Å². The highest BCUT2D eigenvalue weighted by Gasteiger charge is 2.04. The molecule has 0 aliphatic heterocycles. The van der Waals surface area contributed by atoms with Crippen LogP contribution in [-0.4, -0.2) is 18.3 Å². The molecule has 0 saturated carbocycles. The summed E-state index contributed by atoms with van der Waals surface area (Å²) in [6.07, 6.45) is 1.79. The van der Waals surface area contributed by atoms with E-state index in [4.69, 9.17) is 4.74 Å². The second-order valence-electron chi connectivity index (χ2n) is 5.05. The molecule has 0 aliphatic rings. The monoisotopic (exact) mass is 323 g/mol. The van der Waals surface area contributed by atoms with Crippen LogP contribution in [0.5, 0.6) is 5.75 Å². The van der Waals surface area contributed by atoms with Gasteiger partial charge in [0.2, 0.25) is 5.13 Å². The molecule has 0 atom stereocenters. The van der Waals surface area contributed by atoms with Crippen LogP contribution in [0.25, 0.3) is 11.3 Å². The first-order valence-corrected chi connectivity index (χ1v) is 8.08. The van der Waals surface area contributed by atoms with Crippen molar-refractivity contribution in [2.24, 2.45) is 5.10 Å². The minimum atomic E-state index is 0.763. The zero-order valence-corrected chi connectivity index (χ0v) is 13.8. The van der Waals surface area contributed by atoms with Gasteiger partial charge in [0.05, 0.1) is 19.0 Å². The van der Waals surface area contributed by atoms with Gasteiger partial charge in [0.15, 0.2) is 0 Å². The lowest BCUT2D eigenvalue weighted by Crippen LogP contribution is -1.90. The Labute approximate surface area is 139 Å². The molecular weight excluding hydrogens is 306 g/mol. The third kappa shape index (κ3) is 3.96. The number of nitrogens with one attached hydrogen (secondary N) is 1. The molecule has 3 aromatic rings. The fourth-order valence-corrected chi connectivity index (χ4v) is 2.70. The Morgan fingerprint density at radius 3 is 2.52 bits per heavy atom. The summed E-state index contributed by atoms with van der Waals surface area (Å²) in [6.45, 7) is 2.06. The van der Waals surface area contributed by atoms with Crippen molar-refractivity contribution in [1.29, 1.82) is 0 Å². The van der Waals surface area contributed by atoms with Gasteiger partial charge in [-0.2, -0.15) is 5.10 Å². The average Bonchev–Trinajstić information content (AvgIpc) is 3.06. The molecule has 0 aliphatic carbocycles. The number of hydrazone groups is 1. The maximum atomic E-state index is 5.16. The lowest BCUT2D eigenvalue weighted by atomic mass is 10.2. The standard InChI is InChI=1S/C18H17N3OS/c1-13-3-5-14(6-4-13)11-19-21-18-20-17(12-23-18)15-7-9-16(22-2)10-8-15/h3-12H,1-2H3,(H,20,21)/b19-11+. The molecule has 116 valence electrons. The number of rotatable bonds is 5. The van der Waals surface area contributed by atoms with Crippen molar-refractivity contribution in [3.8, 4) is 17.0 Å². The van der Waals surface area contributed by atoms with Crippen molar-refractivity contribution in [2.45, 2.75) is 6.92 Å². The van der Waals surface area contributed by atoms with Crippen LogP contribution in [0.3, 0.4) is 0 Å². The molecule has 0 bridgehead atoms. The van der Waals surface area contributed by atoms with Gasteiger partial charge in [-0.25, -0.2) is 4.98 Å². The van der Waals surface area contributed by atoms with Crippen LogP contribution >= 0.6 is 11.3 Å². The summed E-state index contributed by atoms with van der Waals surface area (Å²) in [5, 5.41) is 7.00. The highest BCUT2D eigenvalue weighted by Crippen LogP contribution is 2.26. The number of anilines is 1. The predicted molar refractivity (Wildman–Crippen MR) is 96.5 cm³/mol. The Morgan fingerprint density at radius 1 is 1.09 bits per heavy atom. The molecule has 23 heavy (non-hydrogen) atoms. The lowest BCUT2D eigenvalue weighted by Gasteiger charge is -2.00. The molecule has 5 heteroatoms. The Balaban J connectivity index is 1.65. The maximum absolute atomic E-state index is 5.16. The summed E-state index contributed by atoms with van der Waals surface area (Å²) in [5.41, 5.74) is 7.23. The van der Waals surface area contributed by atoms with E-state index < -0.39 is 0 Å². The molecule has 4 nitrogen and oxygen atoms in total. The molecule has 0 spiro atoms. The van der Waals surface area contributed by atoms with Crippen LogP contribution in [0.15, 0.2) is 59.0 Å². The van der Waals surface area contributed by atoms with E-state index in [1.807, 2.05) is 41.8 Å². The van der Waals surface area contributed by atoms with Gasteiger partial charge in [-0.3, -0.25) is 5.43 Å². The van der Waals surface area contributed by atoms with Gasteiger partial charge in [-0.15, -0.1) is 11.3 Å². The Kier molecular flexibility index (Phi) is 4.68. The topological polar surface area (TPSA) is 46.5 Å². The van der Waals surface area contributed by atoms with Crippen LogP contribution in [-0.2, 0) is 0 Å². The lowest BCUT2D eigenvalue weighted by molar-refractivity contribution is 0.415. The van der Waals surface area contributed by atoms with E-state index >= 15 is 0 Å². The predicted octanol–water partition coefficient (Wildman–Crippen LogP) is 4.57. The fourth-order valence-electron chi connectivity index (χ4n) is 2.03. The first kappa shape index (κ1) is 15.2. The molecule has 1 heterocycles. The van der Waals surface area contributed by atoms with Crippen LogP contribution in [0.1, 0.15) is 11.1 Å². The number of nitrogens with zero attached hydrogens (tertiary/aromatic N) is 2. The van der Waals surface area contributed by atoms with E-state index in [9.17, 15) is 0 Å². The molecule has 0 radical (unpaired) electrons. The van der Waals surface area contributed by atoms with E-state index in [0.29, 0.717) is 0 Å². The van der Waals surface area contributed by atoms with Crippen molar-refractivity contribution in [3.63, 3.8) is 0 Å². The van der Waals surface area contributed by atoms with Gasteiger partial charge in [0, 0.05) is 10.9 Å². The Bertz CT molecular complexity index is 792. The summed E-state index contributed by atoms with van der Waals surface area (Å²) >= 11 is 1.52. The Morgan fingerprint density at radius 2 is 1.83 bits per heavy atom. The second-order valence-corrected chi connectivity index (χ2v) is 5.91. The molecule has 0 fully saturated rings. The molecule has 1 aromatic heterocycles. The van der Waals surface area contributed by atoms with Gasteiger partial charge in [-0.05, 0) is 36.8 Å². The highest BCUT2D eigenvalue weighted by atomic mass is 32.1. The number of aromatic nitrogens is 1. The minimum Gasteiger partial charge on any atom is -0.497 e. The van der Waals surface area contributed by atoms with Crippen LogP contribution in [0, 0.1) is 6.92 Å². The van der Waals surface area contributed by atoms with Gasteiger partial charge in [0.25, 0.3) is 0 Å². The van der Waals surface area contributed by atoms with Crippen molar-refractivity contribution in [1.82, 2.24) is 4.98 Å². The molecular formula is C18H17N3OS. The SMILES string of the molecule is COc1ccc(-c2csc(N/N=C/c3ccc(C)cc3)n2)cc1. The van der Waals surface area contributed by atoms with Gasteiger partial charge >= 0.3 is 0 Å². The first-order chi connectivity index (χ1) is 11.2. The fraction of sp³-hybridized carbons (Fsp3) is 0.111. The van der Waals surface area contributed by atoms with Gasteiger partial charge in [0.1, 0.15) is 5.75 Å². The minimum absolute atomic E-state index is 0.763. The summed E-state index contributed by atoms with van der Waals surface area (Å²) in [7, 11) is 1.66. The van der Waals surface area contributed by atoms with E-state index in [2.05, 4.69) is 34.6 Å². The number of benzene rings is 2. The third-order valence-electron chi connectivity index (χ3n) is 3.34. The van der Waals surface area contributed by atoms with Gasteiger partial charge < -0.3 is 4.74 Å². The zero-order chi connectivity index (χ0) is 16.1. The van der Waals surface area contributed by atoms with E-state index in [1.54, 1.807) is 13.3 Å². The largest absolute Gasteiger partial charge is 0.497 e. The van der Waals surface area contributed by atoms with Crippen molar-refractivity contribution < 1.29 is 4.74 Å².